The highest BCUT2D eigenvalue weighted by molar-refractivity contribution is 8.01. The largest absolute Gasteiger partial charge is 0.399 e. The van der Waals surface area contributed by atoms with Gasteiger partial charge in [-0.05, 0) is 25.1 Å². The van der Waals surface area contributed by atoms with E-state index in [9.17, 15) is 9.59 Å². The molecule has 4 nitrogen and oxygen atoms in total. The minimum Gasteiger partial charge on any atom is -0.399 e. The van der Waals surface area contributed by atoms with E-state index >= 15 is 0 Å². The Hall–Kier alpha value is -1.14. The fraction of sp³-hybridized carbons (Fsp3) is 0.273. The fourth-order valence-corrected chi connectivity index (χ4v) is 2.82. The number of rotatable bonds is 1. The molecule has 1 aliphatic heterocycles. The highest BCUT2D eigenvalue weighted by atomic mass is 32.2. The van der Waals surface area contributed by atoms with Crippen LogP contribution in [-0.4, -0.2) is 22.8 Å². The van der Waals surface area contributed by atoms with Gasteiger partial charge in [-0.25, -0.2) is 4.90 Å². The number of thiol groups is 1. The molecular formula is C11H12N2O2S2. The molecule has 17 heavy (non-hydrogen) atoms. The van der Waals surface area contributed by atoms with Crippen molar-refractivity contribution in [3.8, 4) is 0 Å². The van der Waals surface area contributed by atoms with Crippen molar-refractivity contribution in [1.29, 1.82) is 0 Å². The lowest BCUT2D eigenvalue weighted by Crippen LogP contribution is -2.44. The van der Waals surface area contributed by atoms with E-state index in [-0.39, 0.29) is 22.8 Å². The Balaban J connectivity index is 2.54. The molecule has 0 spiro atoms. The summed E-state index contributed by atoms with van der Waals surface area (Å²) in [4.78, 5) is 25.9. The molecule has 0 radical (unpaired) electrons. The fourth-order valence-electron chi connectivity index (χ4n) is 1.68. The molecule has 0 bridgehead atoms. The molecule has 1 aromatic carbocycles. The number of thioether (sulfide) groups is 1. The summed E-state index contributed by atoms with van der Waals surface area (Å²) >= 11 is 5.37. The van der Waals surface area contributed by atoms with Crippen LogP contribution in [0.1, 0.15) is 6.92 Å². The number of hydrogen-bond donors (Lipinski definition) is 2. The second kappa shape index (κ2) is 4.62. The Morgan fingerprint density at radius 2 is 2.29 bits per heavy atom. The lowest BCUT2D eigenvalue weighted by atomic mass is 10.2. The number of anilines is 2. The molecule has 6 heteroatoms. The molecule has 1 aliphatic rings. The third-order valence-corrected chi connectivity index (χ3v) is 3.91. The molecule has 2 rings (SSSR count). The number of amides is 2. The van der Waals surface area contributed by atoms with Crippen LogP contribution >= 0.6 is 24.4 Å². The van der Waals surface area contributed by atoms with E-state index in [0.717, 1.165) is 4.90 Å². The summed E-state index contributed by atoms with van der Waals surface area (Å²) < 4.78 is 0. The summed E-state index contributed by atoms with van der Waals surface area (Å²) in [5.74, 6) is -0.540. The predicted molar refractivity (Wildman–Crippen MR) is 72.5 cm³/mol. The lowest BCUT2D eigenvalue weighted by Gasteiger charge is -2.30. The number of hydrogen-bond acceptors (Lipinski definition) is 5. The standard InChI is InChI=1S/C11H12N2O2S2/c1-6-11(15)13(10(14)5-16)8-4-7(12)2-3-9(8)17-6/h2-4,6,16H,5,12H2,1H3. The molecule has 1 atom stereocenters. The Morgan fingerprint density at radius 1 is 1.59 bits per heavy atom. The molecule has 2 N–H and O–H groups in total. The zero-order valence-electron chi connectivity index (χ0n) is 9.21. The van der Waals surface area contributed by atoms with Crippen molar-refractivity contribution in [1.82, 2.24) is 0 Å². The quantitative estimate of drug-likeness (QED) is 0.599. The molecule has 0 aromatic heterocycles. The van der Waals surface area contributed by atoms with Crippen LogP contribution in [0.5, 0.6) is 0 Å². The van der Waals surface area contributed by atoms with Gasteiger partial charge in [0.15, 0.2) is 0 Å². The van der Waals surface area contributed by atoms with Crippen LogP contribution in [0.3, 0.4) is 0 Å². The number of imide groups is 1. The molecule has 0 saturated carbocycles. The van der Waals surface area contributed by atoms with Crippen LogP contribution in [-0.2, 0) is 9.59 Å². The normalized spacial score (nSPS) is 19.1. The number of nitrogen functional groups attached to an aromatic ring is 1. The summed E-state index contributed by atoms with van der Waals surface area (Å²) in [5.41, 5.74) is 6.79. The van der Waals surface area contributed by atoms with Crippen LogP contribution in [0.25, 0.3) is 0 Å². The maximum Gasteiger partial charge on any atom is 0.247 e. The topological polar surface area (TPSA) is 63.4 Å². The number of nitrogens with zero attached hydrogens (tertiary/aromatic N) is 1. The monoisotopic (exact) mass is 268 g/mol. The maximum absolute atomic E-state index is 12.0. The minimum absolute atomic E-state index is 0.00261. The SMILES string of the molecule is CC1Sc2ccc(N)cc2N(C(=O)CS)C1=O. The predicted octanol–water partition coefficient (Wildman–Crippen LogP) is 1.55. The van der Waals surface area contributed by atoms with Gasteiger partial charge in [0.1, 0.15) is 0 Å². The molecule has 1 heterocycles. The first-order valence-corrected chi connectivity index (χ1v) is 6.59. The number of carbonyl (C=O) groups is 2. The van der Waals surface area contributed by atoms with E-state index in [4.69, 9.17) is 5.73 Å². The molecule has 90 valence electrons. The first-order valence-electron chi connectivity index (χ1n) is 5.08. The molecule has 0 aliphatic carbocycles. The third-order valence-electron chi connectivity index (χ3n) is 2.48. The van der Waals surface area contributed by atoms with Gasteiger partial charge in [0, 0.05) is 10.6 Å². The van der Waals surface area contributed by atoms with Crippen LogP contribution in [0.4, 0.5) is 11.4 Å². The van der Waals surface area contributed by atoms with E-state index < -0.39 is 0 Å². The van der Waals surface area contributed by atoms with E-state index in [1.54, 1.807) is 19.1 Å². The second-order valence-corrected chi connectivity index (χ2v) is 5.41. The van der Waals surface area contributed by atoms with Gasteiger partial charge in [0.05, 0.1) is 16.7 Å². The second-order valence-electron chi connectivity index (χ2n) is 3.71. The van der Waals surface area contributed by atoms with Crippen molar-refractivity contribution in [3.05, 3.63) is 18.2 Å². The molecule has 1 aromatic rings. The number of carbonyl (C=O) groups excluding carboxylic acids is 2. The van der Waals surface area contributed by atoms with E-state index in [1.807, 2.05) is 6.07 Å². The van der Waals surface area contributed by atoms with Gasteiger partial charge >= 0.3 is 0 Å². The summed E-state index contributed by atoms with van der Waals surface area (Å²) in [6.45, 7) is 1.78. The Morgan fingerprint density at radius 3 is 2.94 bits per heavy atom. The van der Waals surface area contributed by atoms with Gasteiger partial charge in [0.2, 0.25) is 11.8 Å². The number of benzene rings is 1. The molecule has 0 fully saturated rings. The average Bonchev–Trinajstić information content (AvgIpc) is 2.31. The Kier molecular flexibility index (Phi) is 3.35. The van der Waals surface area contributed by atoms with E-state index in [2.05, 4.69) is 12.6 Å². The van der Waals surface area contributed by atoms with Crippen LogP contribution in [0.15, 0.2) is 23.1 Å². The number of fused-ring (bicyclic) bond motifs is 1. The maximum atomic E-state index is 12.0. The van der Waals surface area contributed by atoms with Crippen molar-refractivity contribution in [3.63, 3.8) is 0 Å². The average molecular weight is 268 g/mol. The molecule has 1 unspecified atom stereocenters. The first kappa shape index (κ1) is 12.3. The van der Waals surface area contributed by atoms with Crippen molar-refractivity contribution >= 4 is 47.6 Å². The van der Waals surface area contributed by atoms with Gasteiger partial charge in [-0.15, -0.1) is 11.8 Å². The van der Waals surface area contributed by atoms with Crippen LogP contribution < -0.4 is 10.6 Å². The van der Waals surface area contributed by atoms with E-state index in [0.29, 0.717) is 11.4 Å². The molecule has 2 amide bonds. The van der Waals surface area contributed by atoms with Crippen LogP contribution in [0, 0.1) is 0 Å². The van der Waals surface area contributed by atoms with Gasteiger partial charge in [0.25, 0.3) is 0 Å². The minimum atomic E-state index is -0.322. The smallest absolute Gasteiger partial charge is 0.247 e. The molecule has 0 saturated heterocycles. The number of nitrogens with two attached hydrogens (primary N) is 1. The van der Waals surface area contributed by atoms with Crippen LogP contribution in [0.2, 0.25) is 0 Å². The summed E-state index contributed by atoms with van der Waals surface area (Å²) in [7, 11) is 0. The zero-order chi connectivity index (χ0) is 12.6. The first-order chi connectivity index (χ1) is 8.04. The Labute approximate surface area is 109 Å². The summed E-state index contributed by atoms with van der Waals surface area (Å²) in [5, 5.41) is -0.269. The van der Waals surface area contributed by atoms with Crippen molar-refractivity contribution in [2.45, 2.75) is 17.1 Å². The zero-order valence-corrected chi connectivity index (χ0v) is 10.9. The van der Waals surface area contributed by atoms with Gasteiger partial charge in [-0.2, -0.15) is 12.6 Å². The van der Waals surface area contributed by atoms with Gasteiger partial charge in [-0.3, -0.25) is 9.59 Å². The van der Waals surface area contributed by atoms with Gasteiger partial charge in [-0.1, -0.05) is 0 Å². The van der Waals surface area contributed by atoms with Crippen molar-refractivity contribution < 1.29 is 9.59 Å². The summed E-state index contributed by atoms with van der Waals surface area (Å²) in [6.07, 6.45) is 0. The lowest BCUT2D eigenvalue weighted by molar-refractivity contribution is -0.124. The van der Waals surface area contributed by atoms with Crippen molar-refractivity contribution in [2.24, 2.45) is 0 Å². The third kappa shape index (κ3) is 2.14. The Bertz CT molecular complexity index is 490. The summed E-state index contributed by atoms with van der Waals surface area (Å²) in [6, 6.07) is 5.24. The highest BCUT2D eigenvalue weighted by Gasteiger charge is 2.34. The highest BCUT2D eigenvalue weighted by Crippen LogP contribution is 2.40. The molecular weight excluding hydrogens is 256 g/mol. The van der Waals surface area contributed by atoms with E-state index in [1.165, 1.54) is 16.7 Å². The van der Waals surface area contributed by atoms with Gasteiger partial charge < -0.3 is 5.73 Å². The van der Waals surface area contributed by atoms with Crippen molar-refractivity contribution in [2.75, 3.05) is 16.4 Å².